The average Bonchev–Trinajstić information content (AvgIpc) is 3.29. The standard InChI is InChI=1S/C20H18N4O4S/c1-11-5-3-4-6-15(11)23-19(25)14-9-21-18-16(17(14)20(23)26)12(2)22-24(18)13-7-8-29(27,28)10-13/h3-6,9,13H,7-8,10H2,1-2H3. The predicted molar refractivity (Wildman–Crippen MR) is 107 cm³/mol. The largest absolute Gasteiger partial charge is 0.268 e. The third-order valence-corrected chi connectivity index (χ3v) is 7.41. The number of amides is 2. The van der Waals surface area contributed by atoms with Crippen molar-refractivity contribution in [3.05, 3.63) is 52.8 Å². The van der Waals surface area contributed by atoms with Gasteiger partial charge in [0.25, 0.3) is 11.8 Å². The molecule has 2 aliphatic rings. The number of para-hydroxylation sites is 1. The van der Waals surface area contributed by atoms with Crippen molar-refractivity contribution in [2.75, 3.05) is 16.4 Å². The van der Waals surface area contributed by atoms with Crippen molar-refractivity contribution in [3.63, 3.8) is 0 Å². The van der Waals surface area contributed by atoms with Crippen molar-refractivity contribution in [1.29, 1.82) is 0 Å². The van der Waals surface area contributed by atoms with Crippen LogP contribution >= 0.6 is 0 Å². The molecule has 1 aromatic carbocycles. The van der Waals surface area contributed by atoms with Crippen molar-refractivity contribution in [3.8, 4) is 0 Å². The molecule has 9 heteroatoms. The van der Waals surface area contributed by atoms with Gasteiger partial charge in [-0.25, -0.2) is 23.0 Å². The van der Waals surface area contributed by atoms with Crippen molar-refractivity contribution in [2.24, 2.45) is 0 Å². The van der Waals surface area contributed by atoms with E-state index >= 15 is 0 Å². The minimum absolute atomic E-state index is 0.00416. The fraction of sp³-hybridized carbons (Fsp3) is 0.300. The van der Waals surface area contributed by atoms with Crippen LogP contribution in [0.25, 0.3) is 11.0 Å². The molecule has 0 aliphatic carbocycles. The van der Waals surface area contributed by atoms with Crippen LogP contribution in [0.5, 0.6) is 0 Å². The number of anilines is 1. The van der Waals surface area contributed by atoms with Gasteiger partial charge < -0.3 is 0 Å². The lowest BCUT2D eigenvalue weighted by atomic mass is 10.1. The summed E-state index contributed by atoms with van der Waals surface area (Å²) < 4.78 is 25.4. The molecule has 2 aromatic heterocycles. The molecule has 1 unspecified atom stereocenters. The molecule has 0 saturated carbocycles. The van der Waals surface area contributed by atoms with Gasteiger partial charge in [-0.3, -0.25) is 9.59 Å². The molecule has 5 rings (SSSR count). The summed E-state index contributed by atoms with van der Waals surface area (Å²) in [6, 6.07) is 6.89. The Balaban J connectivity index is 1.68. The van der Waals surface area contributed by atoms with Crippen molar-refractivity contribution < 1.29 is 18.0 Å². The second-order valence-electron chi connectivity index (χ2n) is 7.56. The average molecular weight is 410 g/mol. The lowest BCUT2D eigenvalue weighted by Gasteiger charge is -2.16. The highest BCUT2D eigenvalue weighted by Gasteiger charge is 2.41. The number of rotatable bonds is 2. The summed E-state index contributed by atoms with van der Waals surface area (Å²) >= 11 is 0. The molecular formula is C20H18N4O4S. The smallest absolute Gasteiger partial charge is 0.267 e. The maximum absolute atomic E-state index is 13.3. The number of hydrogen-bond donors (Lipinski definition) is 0. The number of benzene rings is 1. The number of fused-ring (bicyclic) bond motifs is 3. The first-order valence-electron chi connectivity index (χ1n) is 9.31. The van der Waals surface area contributed by atoms with Crippen molar-refractivity contribution >= 4 is 38.4 Å². The van der Waals surface area contributed by atoms with Gasteiger partial charge in [-0.2, -0.15) is 5.10 Å². The first-order chi connectivity index (χ1) is 13.8. The van der Waals surface area contributed by atoms with Gasteiger partial charge in [0.05, 0.1) is 45.4 Å². The zero-order valence-electron chi connectivity index (χ0n) is 15.9. The van der Waals surface area contributed by atoms with Crippen LogP contribution in [0.3, 0.4) is 0 Å². The summed E-state index contributed by atoms with van der Waals surface area (Å²) in [5.41, 5.74) is 2.88. The number of hydrogen-bond acceptors (Lipinski definition) is 6. The number of aryl methyl sites for hydroxylation is 2. The summed E-state index contributed by atoms with van der Waals surface area (Å²) in [7, 11) is -3.10. The number of sulfone groups is 1. The fourth-order valence-electron chi connectivity index (χ4n) is 4.24. The summed E-state index contributed by atoms with van der Waals surface area (Å²) in [4.78, 5) is 31.9. The molecule has 29 heavy (non-hydrogen) atoms. The summed E-state index contributed by atoms with van der Waals surface area (Å²) in [5.74, 6) is -0.705. The molecule has 2 aliphatic heterocycles. The number of carbonyl (C=O) groups excluding carboxylic acids is 2. The Bertz CT molecular complexity index is 1330. The number of nitrogens with zero attached hydrogens (tertiary/aromatic N) is 4. The Morgan fingerprint density at radius 1 is 1.10 bits per heavy atom. The molecule has 8 nitrogen and oxygen atoms in total. The maximum atomic E-state index is 13.3. The second-order valence-corrected chi connectivity index (χ2v) is 9.79. The van der Waals surface area contributed by atoms with Crippen LogP contribution in [-0.4, -0.2) is 46.5 Å². The van der Waals surface area contributed by atoms with Gasteiger partial charge in [0.15, 0.2) is 15.5 Å². The van der Waals surface area contributed by atoms with Gasteiger partial charge in [-0.15, -0.1) is 0 Å². The normalized spacial score (nSPS) is 20.6. The lowest BCUT2D eigenvalue weighted by molar-refractivity contribution is 0.0926. The maximum Gasteiger partial charge on any atom is 0.267 e. The van der Waals surface area contributed by atoms with E-state index in [0.29, 0.717) is 28.8 Å². The number of carbonyl (C=O) groups is 2. The van der Waals surface area contributed by atoms with E-state index in [9.17, 15) is 18.0 Å². The molecule has 1 saturated heterocycles. The first-order valence-corrected chi connectivity index (χ1v) is 11.1. The van der Waals surface area contributed by atoms with Crippen LogP contribution < -0.4 is 4.90 Å². The fourth-order valence-corrected chi connectivity index (χ4v) is 5.93. The molecule has 1 atom stereocenters. The molecule has 148 valence electrons. The van der Waals surface area contributed by atoms with E-state index in [-0.39, 0.29) is 28.7 Å². The molecule has 0 spiro atoms. The van der Waals surface area contributed by atoms with Crippen molar-refractivity contribution in [2.45, 2.75) is 26.3 Å². The van der Waals surface area contributed by atoms with E-state index in [1.54, 1.807) is 23.7 Å². The molecule has 0 radical (unpaired) electrons. The van der Waals surface area contributed by atoms with Gasteiger partial charge in [0.2, 0.25) is 0 Å². The topological polar surface area (TPSA) is 102 Å². The monoisotopic (exact) mass is 410 g/mol. The first kappa shape index (κ1) is 18.0. The van der Waals surface area contributed by atoms with E-state index in [2.05, 4.69) is 10.1 Å². The highest BCUT2D eigenvalue weighted by molar-refractivity contribution is 7.91. The Kier molecular flexibility index (Phi) is 3.70. The Labute approximate surface area is 167 Å². The third kappa shape index (κ3) is 2.53. The molecule has 1 fully saturated rings. The SMILES string of the molecule is Cc1ccccc1N1C(=O)c2cnc3c(c(C)nn3C3CCS(=O)(=O)C3)c2C1=O. The number of aromatic nitrogens is 3. The third-order valence-electron chi connectivity index (χ3n) is 5.66. The van der Waals surface area contributed by atoms with Crippen LogP contribution in [0.15, 0.2) is 30.5 Å². The zero-order valence-corrected chi connectivity index (χ0v) is 16.7. The Morgan fingerprint density at radius 3 is 2.55 bits per heavy atom. The molecule has 2 amide bonds. The van der Waals surface area contributed by atoms with E-state index in [1.807, 2.05) is 19.1 Å². The molecule has 3 aromatic rings. The summed E-state index contributed by atoms with van der Waals surface area (Å²) in [5, 5.41) is 5.01. The molecule has 0 N–H and O–H groups in total. The zero-order chi connectivity index (χ0) is 20.5. The van der Waals surface area contributed by atoms with Gasteiger partial charge >= 0.3 is 0 Å². The van der Waals surface area contributed by atoms with Crippen LogP contribution in [0.2, 0.25) is 0 Å². The molecule has 0 bridgehead atoms. The predicted octanol–water partition coefficient (Wildman–Crippen LogP) is 2.21. The Hall–Kier alpha value is -3.07. The van der Waals surface area contributed by atoms with E-state index in [1.165, 1.54) is 11.1 Å². The molecular weight excluding hydrogens is 392 g/mol. The van der Waals surface area contributed by atoms with Gasteiger partial charge in [-0.1, -0.05) is 18.2 Å². The van der Waals surface area contributed by atoms with Crippen LogP contribution in [0.4, 0.5) is 5.69 Å². The highest BCUT2D eigenvalue weighted by atomic mass is 32.2. The minimum Gasteiger partial charge on any atom is -0.268 e. The highest BCUT2D eigenvalue weighted by Crippen LogP contribution is 2.36. The van der Waals surface area contributed by atoms with Crippen LogP contribution in [-0.2, 0) is 9.84 Å². The van der Waals surface area contributed by atoms with Crippen molar-refractivity contribution in [1.82, 2.24) is 14.8 Å². The van der Waals surface area contributed by atoms with Crippen LogP contribution in [0.1, 0.15) is 44.4 Å². The van der Waals surface area contributed by atoms with E-state index in [0.717, 1.165) is 5.56 Å². The quantitative estimate of drug-likeness (QED) is 0.600. The van der Waals surface area contributed by atoms with Crippen LogP contribution in [0, 0.1) is 13.8 Å². The van der Waals surface area contributed by atoms with Gasteiger partial charge in [0, 0.05) is 6.20 Å². The summed E-state index contributed by atoms with van der Waals surface area (Å²) in [6.07, 6.45) is 1.86. The van der Waals surface area contributed by atoms with E-state index in [4.69, 9.17) is 0 Å². The van der Waals surface area contributed by atoms with E-state index < -0.39 is 21.7 Å². The second kappa shape index (κ2) is 5.96. The lowest BCUT2D eigenvalue weighted by Crippen LogP contribution is -2.30. The molecule has 4 heterocycles. The van der Waals surface area contributed by atoms with Gasteiger partial charge in [0.1, 0.15) is 0 Å². The van der Waals surface area contributed by atoms with Gasteiger partial charge in [-0.05, 0) is 31.9 Å². The summed E-state index contributed by atoms with van der Waals surface area (Å²) in [6.45, 7) is 3.59. The number of imide groups is 1. The minimum atomic E-state index is -3.10. The Morgan fingerprint density at radius 2 is 1.86 bits per heavy atom. The number of pyridine rings is 1.